The minimum absolute atomic E-state index is 0.313. The molecule has 3 heteroatoms. The number of carbonyl (C=O) groups is 1. The molecule has 0 heterocycles. The van der Waals surface area contributed by atoms with Crippen LogP contribution in [0.25, 0.3) is 11.1 Å². The number of hydrogen-bond acceptors (Lipinski definition) is 3. The molecule has 0 spiro atoms. The van der Waals surface area contributed by atoms with Gasteiger partial charge in [0, 0.05) is 12.7 Å². The summed E-state index contributed by atoms with van der Waals surface area (Å²) < 4.78 is 4.66. The SMILES string of the molecule is CNc1ccc(-c2ccc(C(=O)OC)cc2)cc1. The number of esters is 1. The number of rotatable bonds is 3. The quantitative estimate of drug-likeness (QED) is 0.839. The third-order valence-electron chi connectivity index (χ3n) is 2.81. The van der Waals surface area contributed by atoms with Gasteiger partial charge >= 0.3 is 5.97 Å². The van der Waals surface area contributed by atoms with E-state index < -0.39 is 0 Å². The molecule has 0 aliphatic rings. The van der Waals surface area contributed by atoms with E-state index in [9.17, 15) is 4.79 Å². The lowest BCUT2D eigenvalue weighted by molar-refractivity contribution is 0.0601. The standard InChI is InChI=1S/C15H15NO2/c1-16-14-9-7-12(8-10-14)11-3-5-13(6-4-11)15(17)18-2/h3-10,16H,1-2H3. The summed E-state index contributed by atoms with van der Waals surface area (Å²) in [5.41, 5.74) is 3.83. The van der Waals surface area contributed by atoms with E-state index in [1.165, 1.54) is 7.11 Å². The van der Waals surface area contributed by atoms with Crippen molar-refractivity contribution in [2.75, 3.05) is 19.5 Å². The molecular weight excluding hydrogens is 226 g/mol. The minimum Gasteiger partial charge on any atom is -0.465 e. The van der Waals surface area contributed by atoms with E-state index in [1.54, 1.807) is 12.1 Å². The highest BCUT2D eigenvalue weighted by Crippen LogP contribution is 2.21. The first-order chi connectivity index (χ1) is 8.74. The van der Waals surface area contributed by atoms with Gasteiger partial charge in [0.15, 0.2) is 0 Å². The maximum Gasteiger partial charge on any atom is 0.337 e. The summed E-state index contributed by atoms with van der Waals surface area (Å²) in [7, 11) is 3.27. The summed E-state index contributed by atoms with van der Waals surface area (Å²) in [6, 6.07) is 15.5. The molecule has 0 aromatic heterocycles. The fourth-order valence-electron chi connectivity index (χ4n) is 1.75. The first-order valence-corrected chi connectivity index (χ1v) is 5.71. The number of benzene rings is 2. The molecule has 2 rings (SSSR count). The molecule has 2 aromatic rings. The van der Waals surface area contributed by atoms with Crippen molar-refractivity contribution in [3.05, 3.63) is 54.1 Å². The molecule has 0 unspecified atom stereocenters. The lowest BCUT2D eigenvalue weighted by Gasteiger charge is -2.05. The summed E-state index contributed by atoms with van der Waals surface area (Å²) in [5, 5.41) is 3.08. The summed E-state index contributed by atoms with van der Waals surface area (Å²) in [5.74, 6) is -0.313. The summed E-state index contributed by atoms with van der Waals surface area (Å²) in [6.45, 7) is 0. The van der Waals surface area contributed by atoms with Crippen molar-refractivity contribution in [3.63, 3.8) is 0 Å². The van der Waals surface area contributed by atoms with Gasteiger partial charge in [-0.25, -0.2) is 4.79 Å². The van der Waals surface area contributed by atoms with Gasteiger partial charge in [-0.3, -0.25) is 0 Å². The normalized spacial score (nSPS) is 9.89. The molecule has 0 bridgehead atoms. The molecule has 0 saturated carbocycles. The molecule has 3 nitrogen and oxygen atoms in total. The van der Waals surface area contributed by atoms with Crippen LogP contribution >= 0.6 is 0 Å². The van der Waals surface area contributed by atoms with Crippen LogP contribution in [0.1, 0.15) is 10.4 Å². The number of carbonyl (C=O) groups excluding carboxylic acids is 1. The Morgan fingerprint density at radius 2 is 1.44 bits per heavy atom. The van der Waals surface area contributed by atoms with Crippen LogP contribution in [-0.4, -0.2) is 20.1 Å². The van der Waals surface area contributed by atoms with Crippen molar-refractivity contribution in [1.82, 2.24) is 0 Å². The highest BCUT2D eigenvalue weighted by atomic mass is 16.5. The van der Waals surface area contributed by atoms with Crippen LogP contribution in [0.5, 0.6) is 0 Å². The van der Waals surface area contributed by atoms with Gasteiger partial charge in [-0.05, 0) is 35.4 Å². The third kappa shape index (κ3) is 2.51. The maximum absolute atomic E-state index is 11.3. The number of hydrogen-bond donors (Lipinski definition) is 1. The van der Waals surface area contributed by atoms with Crippen LogP contribution in [-0.2, 0) is 4.74 Å². The van der Waals surface area contributed by atoms with E-state index >= 15 is 0 Å². The van der Waals surface area contributed by atoms with Crippen LogP contribution in [0.3, 0.4) is 0 Å². The second-order valence-corrected chi connectivity index (χ2v) is 3.90. The molecule has 18 heavy (non-hydrogen) atoms. The predicted octanol–water partition coefficient (Wildman–Crippen LogP) is 3.18. The Kier molecular flexibility index (Phi) is 3.63. The van der Waals surface area contributed by atoms with Crippen molar-refractivity contribution < 1.29 is 9.53 Å². The molecule has 0 saturated heterocycles. The average Bonchev–Trinajstić information content (AvgIpc) is 2.47. The molecule has 0 fully saturated rings. The predicted molar refractivity (Wildman–Crippen MR) is 72.8 cm³/mol. The smallest absolute Gasteiger partial charge is 0.337 e. The minimum atomic E-state index is -0.313. The molecule has 92 valence electrons. The zero-order chi connectivity index (χ0) is 13.0. The van der Waals surface area contributed by atoms with Gasteiger partial charge in [0.05, 0.1) is 12.7 Å². The largest absolute Gasteiger partial charge is 0.465 e. The Morgan fingerprint density at radius 3 is 1.89 bits per heavy atom. The second kappa shape index (κ2) is 5.36. The molecule has 0 aliphatic carbocycles. The first kappa shape index (κ1) is 12.2. The van der Waals surface area contributed by atoms with Gasteiger partial charge in [0.1, 0.15) is 0 Å². The Labute approximate surface area is 106 Å². The molecule has 0 atom stereocenters. The van der Waals surface area contributed by atoms with E-state index in [0.29, 0.717) is 5.56 Å². The molecule has 0 aliphatic heterocycles. The number of methoxy groups -OCH3 is 1. The van der Waals surface area contributed by atoms with Crippen molar-refractivity contribution >= 4 is 11.7 Å². The van der Waals surface area contributed by atoms with E-state index in [0.717, 1.165) is 16.8 Å². The highest BCUT2D eigenvalue weighted by molar-refractivity contribution is 5.90. The molecule has 0 amide bonds. The highest BCUT2D eigenvalue weighted by Gasteiger charge is 2.05. The first-order valence-electron chi connectivity index (χ1n) is 5.71. The van der Waals surface area contributed by atoms with E-state index in [4.69, 9.17) is 0 Å². The second-order valence-electron chi connectivity index (χ2n) is 3.90. The zero-order valence-electron chi connectivity index (χ0n) is 10.4. The van der Waals surface area contributed by atoms with Gasteiger partial charge in [0.25, 0.3) is 0 Å². The van der Waals surface area contributed by atoms with Crippen LogP contribution in [0.15, 0.2) is 48.5 Å². The molecule has 0 radical (unpaired) electrons. The fraction of sp³-hybridized carbons (Fsp3) is 0.133. The van der Waals surface area contributed by atoms with Crippen molar-refractivity contribution in [3.8, 4) is 11.1 Å². The zero-order valence-corrected chi connectivity index (χ0v) is 10.4. The summed E-state index contributed by atoms with van der Waals surface area (Å²) in [6.07, 6.45) is 0. The van der Waals surface area contributed by atoms with Crippen LogP contribution in [0.4, 0.5) is 5.69 Å². The summed E-state index contributed by atoms with van der Waals surface area (Å²) >= 11 is 0. The fourth-order valence-corrected chi connectivity index (χ4v) is 1.75. The van der Waals surface area contributed by atoms with Crippen LogP contribution < -0.4 is 5.32 Å². The van der Waals surface area contributed by atoms with Gasteiger partial charge in [-0.2, -0.15) is 0 Å². The Bertz CT molecular complexity index is 529. The van der Waals surface area contributed by atoms with Gasteiger partial charge in [-0.1, -0.05) is 24.3 Å². The molecule has 1 N–H and O–H groups in total. The van der Waals surface area contributed by atoms with E-state index in [-0.39, 0.29) is 5.97 Å². The van der Waals surface area contributed by atoms with Crippen molar-refractivity contribution in [2.24, 2.45) is 0 Å². The van der Waals surface area contributed by atoms with Crippen LogP contribution in [0.2, 0.25) is 0 Å². The molecule has 2 aromatic carbocycles. The monoisotopic (exact) mass is 241 g/mol. The average molecular weight is 241 g/mol. The van der Waals surface area contributed by atoms with Crippen molar-refractivity contribution in [2.45, 2.75) is 0 Å². The van der Waals surface area contributed by atoms with Crippen LogP contribution in [0, 0.1) is 0 Å². The Hall–Kier alpha value is -2.29. The van der Waals surface area contributed by atoms with Gasteiger partial charge < -0.3 is 10.1 Å². The number of anilines is 1. The number of ether oxygens (including phenoxy) is 1. The van der Waals surface area contributed by atoms with Gasteiger partial charge in [-0.15, -0.1) is 0 Å². The molecular formula is C15H15NO2. The number of nitrogens with one attached hydrogen (secondary N) is 1. The van der Waals surface area contributed by atoms with Gasteiger partial charge in [0.2, 0.25) is 0 Å². The topological polar surface area (TPSA) is 38.3 Å². The van der Waals surface area contributed by atoms with E-state index in [1.807, 2.05) is 43.4 Å². The lowest BCUT2D eigenvalue weighted by Crippen LogP contribution is -2.00. The summed E-state index contributed by atoms with van der Waals surface area (Å²) in [4.78, 5) is 11.3. The Morgan fingerprint density at radius 1 is 0.944 bits per heavy atom. The van der Waals surface area contributed by atoms with E-state index in [2.05, 4.69) is 10.1 Å². The lowest BCUT2D eigenvalue weighted by atomic mass is 10.0. The maximum atomic E-state index is 11.3. The Balaban J connectivity index is 2.25. The third-order valence-corrected chi connectivity index (χ3v) is 2.81. The van der Waals surface area contributed by atoms with Crippen molar-refractivity contribution in [1.29, 1.82) is 0 Å².